The van der Waals surface area contributed by atoms with Gasteiger partial charge in [-0.15, -0.1) is 9.32 Å². The summed E-state index contributed by atoms with van der Waals surface area (Å²) in [6.07, 6.45) is -2.75. The Balaban J connectivity index is 1.90. The van der Waals surface area contributed by atoms with Gasteiger partial charge in [-0.3, -0.25) is 0 Å². The Morgan fingerprint density at radius 3 is 2.43 bits per heavy atom. The van der Waals surface area contributed by atoms with Crippen LogP contribution in [-0.4, -0.2) is 27.2 Å². The monoisotopic (exact) mass is 506 g/mol. The molecule has 4 N–H and O–H groups in total. The summed E-state index contributed by atoms with van der Waals surface area (Å²) >= 11 is 0.824. The zero-order valence-corrected chi connectivity index (χ0v) is 19.7. The lowest BCUT2D eigenvalue weighted by Crippen LogP contribution is -2.29. The molecule has 2 aromatic carbocycles. The first-order valence-electron chi connectivity index (χ1n) is 11.1. The van der Waals surface area contributed by atoms with E-state index in [1.54, 1.807) is 24.3 Å². The van der Waals surface area contributed by atoms with E-state index in [1.807, 2.05) is 31.2 Å². The first-order chi connectivity index (χ1) is 16.7. The first-order valence-corrected chi connectivity index (χ1v) is 11.8. The molecule has 1 saturated carbocycles. The maximum Gasteiger partial charge on any atom is 0.451 e. The summed E-state index contributed by atoms with van der Waals surface area (Å²) in [7, 11) is 0. The summed E-state index contributed by atoms with van der Waals surface area (Å²) in [5.74, 6) is 3.78. The molecule has 1 heterocycles. The van der Waals surface area contributed by atoms with Crippen LogP contribution in [0.25, 0.3) is 22.4 Å². The molecular formula is C24H25F3N4O3S. The van der Waals surface area contributed by atoms with Gasteiger partial charge in [0.1, 0.15) is 5.82 Å². The fourth-order valence-electron chi connectivity index (χ4n) is 4.14. The number of halogens is 3. The number of aliphatic hydroxyl groups is 1. The Hall–Kier alpha value is -2.70. The molecule has 11 heteroatoms. The van der Waals surface area contributed by atoms with E-state index in [-0.39, 0.29) is 17.6 Å². The number of aryl methyl sites for hydroxylation is 1. The van der Waals surface area contributed by atoms with Crippen LogP contribution in [0.4, 0.5) is 19.0 Å². The molecule has 0 bridgehead atoms. The number of nitrogens with one attached hydrogen (secondary N) is 1. The summed E-state index contributed by atoms with van der Waals surface area (Å²) in [5, 5.41) is 13.1. The SMILES string of the molecule is Cc1cccc(-c2c(NC3CCC(O)CC3)nc(C(F)(F)F)nc2-c2cccc(SOON)c2)c1. The smallest absolute Gasteiger partial charge is 0.393 e. The largest absolute Gasteiger partial charge is 0.451 e. The number of nitrogens with zero attached hydrogens (tertiary/aromatic N) is 2. The van der Waals surface area contributed by atoms with Crippen LogP contribution in [0.1, 0.15) is 37.1 Å². The third-order valence-electron chi connectivity index (χ3n) is 5.78. The van der Waals surface area contributed by atoms with Crippen LogP contribution in [0, 0.1) is 6.92 Å². The van der Waals surface area contributed by atoms with E-state index < -0.39 is 18.1 Å². The van der Waals surface area contributed by atoms with Gasteiger partial charge in [0.05, 0.1) is 29.4 Å². The van der Waals surface area contributed by atoms with Crippen LogP contribution in [0.15, 0.2) is 53.4 Å². The summed E-state index contributed by atoms with van der Waals surface area (Å²) in [6.45, 7) is 1.91. The van der Waals surface area contributed by atoms with Crippen molar-refractivity contribution in [2.24, 2.45) is 5.90 Å². The molecule has 35 heavy (non-hydrogen) atoms. The van der Waals surface area contributed by atoms with Gasteiger partial charge in [0, 0.05) is 16.5 Å². The van der Waals surface area contributed by atoms with Gasteiger partial charge in [0.25, 0.3) is 0 Å². The highest BCUT2D eigenvalue weighted by Gasteiger charge is 2.37. The molecule has 0 radical (unpaired) electrons. The fraction of sp³-hybridized carbons (Fsp3) is 0.333. The minimum Gasteiger partial charge on any atom is -0.393 e. The van der Waals surface area contributed by atoms with Gasteiger partial charge in [-0.2, -0.15) is 19.1 Å². The van der Waals surface area contributed by atoms with Crippen molar-refractivity contribution in [3.63, 3.8) is 0 Å². The van der Waals surface area contributed by atoms with Crippen molar-refractivity contribution < 1.29 is 27.6 Å². The molecule has 3 aromatic rings. The van der Waals surface area contributed by atoms with Crippen LogP contribution in [0.5, 0.6) is 0 Å². The minimum atomic E-state index is -4.75. The van der Waals surface area contributed by atoms with E-state index >= 15 is 0 Å². The minimum absolute atomic E-state index is 0.105. The highest BCUT2D eigenvalue weighted by atomic mass is 32.2. The summed E-state index contributed by atoms with van der Waals surface area (Å²) < 4.78 is 46.4. The lowest BCUT2D eigenvalue weighted by atomic mass is 9.92. The fourth-order valence-corrected chi connectivity index (χ4v) is 4.57. The molecule has 4 rings (SSSR count). The number of nitrogens with two attached hydrogens (primary N) is 1. The van der Waals surface area contributed by atoms with Crippen molar-refractivity contribution in [1.29, 1.82) is 0 Å². The van der Waals surface area contributed by atoms with Gasteiger partial charge in [0.15, 0.2) is 0 Å². The number of rotatable bonds is 7. The molecule has 186 valence electrons. The van der Waals surface area contributed by atoms with E-state index in [0.29, 0.717) is 47.3 Å². The number of benzene rings is 2. The van der Waals surface area contributed by atoms with E-state index in [2.05, 4.69) is 20.3 Å². The number of aromatic nitrogens is 2. The predicted octanol–water partition coefficient (Wildman–Crippen LogP) is 5.68. The summed E-state index contributed by atoms with van der Waals surface area (Å²) in [4.78, 5) is 12.6. The number of anilines is 1. The van der Waals surface area contributed by atoms with Gasteiger partial charge in [-0.1, -0.05) is 42.0 Å². The Bertz CT molecular complexity index is 1170. The average molecular weight is 507 g/mol. The standard InChI is InChI=1S/C24H25F3N4O3S/c1-14-4-2-5-15(12-14)20-21(16-6-3-7-19(13-16)35-34-33-28)30-23(24(25,26)27)31-22(20)29-17-8-10-18(32)11-9-17/h2-7,12-13,17-18,32H,8-11,28H2,1H3,(H,29,30,31). The quantitative estimate of drug-likeness (QED) is 0.214. The second kappa shape index (κ2) is 10.9. The zero-order valence-electron chi connectivity index (χ0n) is 18.9. The van der Waals surface area contributed by atoms with Crippen LogP contribution in [-0.2, 0) is 15.5 Å². The Kier molecular flexibility index (Phi) is 7.92. The molecule has 0 amide bonds. The topological polar surface area (TPSA) is 103 Å². The van der Waals surface area contributed by atoms with Crippen molar-refractivity contribution in [2.45, 2.75) is 55.8 Å². The average Bonchev–Trinajstić information content (AvgIpc) is 2.83. The highest BCUT2D eigenvalue weighted by Crippen LogP contribution is 2.40. The maximum atomic E-state index is 13.9. The van der Waals surface area contributed by atoms with E-state index in [4.69, 9.17) is 10.2 Å². The third-order valence-corrected chi connectivity index (χ3v) is 6.38. The van der Waals surface area contributed by atoms with Crippen molar-refractivity contribution in [3.05, 3.63) is 59.9 Å². The second-order valence-electron chi connectivity index (χ2n) is 8.41. The van der Waals surface area contributed by atoms with Gasteiger partial charge < -0.3 is 10.4 Å². The molecule has 0 spiro atoms. The molecule has 1 fully saturated rings. The number of hydrogen-bond acceptors (Lipinski definition) is 8. The van der Waals surface area contributed by atoms with Crippen LogP contribution in [0.2, 0.25) is 0 Å². The number of aliphatic hydroxyl groups excluding tert-OH is 1. The van der Waals surface area contributed by atoms with E-state index in [0.717, 1.165) is 17.6 Å². The zero-order chi connectivity index (χ0) is 25.0. The van der Waals surface area contributed by atoms with Gasteiger partial charge in [-0.25, -0.2) is 9.97 Å². The number of alkyl halides is 3. The summed E-state index contributed by atoms with van der Waals surface area (Å²) in [5.41, 5.74) is 2.67. The molecule has 0 saturated heterocycles. The van der Waals surface area contributed by atoms with Crippen LogP contribution < -0.4 is 11.2 Å². The molecular weight excluding hydrogens is 481 g/mol. The molecule has 1 aliphatic rings. The van der Waals surface area contributed by atoms with Crippen molar-refractivity contribution in [2.75, 3.05) is 5.32 Å². The highest BCUT2D eigenvalue weighted by molar-refractivity contribution is 7.94. The molecule has 7 nitrogen and oxygen atoms in total. The maximum absolute atomic E-state index is 13.9. The van der Waals surface area contributed by atoms with Gasteiger partial charge in [-0.05, 0) is 50.3 Å². The van der Waals surface area contributed by atoms with Crippen LogP contribution >= 0.6 is 12.0 Å². The first kappa shape index (κ1) is 25.4. The molecule has 1 aliphatic carbocycles. The lowest BCUT2D eigenvalue weighted by Gasteiger charge is -2.28. The van der Waals surface area contributed by atoms with Gasteiger partial charge >= 0.3 is 6.18 Å². The van der Waals surface area contributed by atoms with E-state index in [1.165, 1.54) is 0 Å². The molecule has 0 atom stereocenters. The molecule has 0 aliphatic heterocycles. The van der Waals surface area contributed by atoms with E-state index in [9.17, 15) is 18.3 Å². The normalized spacial score (nSPS) is 18.5. The Labute approximate surface area is 205 Å². The molecule has 0 unspecified atom stereocenters. The third kappa shape index (κ3) is 6.30. The lowest BCUT2D eigenvalue weighted by molar-refractivity contribution is -0.195. The van der Waals surface area contributed by atoms with Crippen LogP contribution in [0.3, 0.4) is 0 Å². The Morgan fingerprint density at radius 1 is 1.03 bits per heavy atom. The van der Waals surface area contributed by atoms with Crippen molar-refractivity contribution in [1.82, 2.24) is 9.97 Å². The molecule has 1 aromatic heterocycles. The predicted molar refractivity (Wildman–Crippen MR) is 127 cm³/mol. The van der Waals surface area contributed by atoms with Gasteiger partial charge in [0.2, 0.25) is 5.82 Å². The van der Waals surface area contributed by atoms with Crippen molar-refractivity contribution >= 4 is 17.9 Å². The second-order valence-corrected chi connectivity index (χ2v) is 9.19. The number of hydrogen-bond donors (Lipinski definition) is 3. The Morgan fingerprint density at radius 2 is 1.74 bits per heavy atom. The summed E-state index contributed by atoms with van der Waals surface area (Å²) in [6, 6.07) is 14.0. The van der Waals surface area contributed by atoms with Crippen molar-refractivity contribution in [3.8, 4) is 22.4 Å².